The zero-order valence-electron chi connectivity index (χ0n) is 4.78. The molecule has 0 spiro atoms. The van der Waals surface area contributed by atoms with E-state index in [4.69, 9.17) is 5.73 Å². The van der Waals surface area contributed by atoms with Crippen LogP contribution in [0, 0.1) is 11.8 Å². The molecule has 1 fully saturated rings. The number of alkyl halides is 3. The van der Waals surface area contributed by atoms with Crippen LogP contribution in [0.15, 0.2) is 0 Å². The molecule has 1 saturated carbocycles. The smallest absolute Gasteiger partial charge is 0.330 e. The molecule has 0 radical (unpaired) electrons. The van der Waals surface area contributed by atoms with Gasteiger partial charge in [0.05, 0.1) is 5.92 Å². The number of hydrogen-bond donors (Lipinski definition) is 1. The number of nitrogens with two attached hydrogens (primary N) is 1. The molecular weight excluding hydrogens is 131 g/mol. The topological polar surface area (TPSA) is 26.0 Å². The molecule has 0 aliphatic heterocycles. The van der Waals surface area contributed by atoms with Crippen LogP contribution in [0.5, 0.6) is 0 Å². The molecule has 1 rings (SSSR count). The SMILES string of the molecule is NC[C@H]1C[C@@H]1C(F)(F)F. The zero-order chi connectivity index (χ0) is 7.07. The Hall–Kier alpha value is -0.250. The molecular formula is C5H8F3N. The molecule has 0 amide bonds. The highest BCUT2D eigenvalue weighted by Gasteiger charge is 2.54. The van der Waals surface area contributed by atoms with Crippen LogP contribution in [-0.4, -0.2) is 12.7 Å². The van der Waals surface area contributed by atoms with E-state index in [2.05, 4.69) is 0 Å². The first kappa shape index (κ1) is 6.86. The summed E-state index contributed by atoms with van der Waals surface area (Å²) in [5, 5.41) is 0. The van der Waals surface area contributed by atoms with Gasteiger partial charge in [-0.25, -0.2) is 0 Å². The predicted octanol–water partition coefficient (Wildman–Crippen LogP) is 1.14. The van der Waals surface area contributed by atoms with Crippen molar-refractivity contribution in [3.63, 3.8) is 0 Å². The van der Waals surface area contributed by atoms with Gasteiger partial charge in [-0.1, -0.05) is 0 Å². The highest BCUT2D eigenvalue weighted by atomic mass is 19.4. The molecule has 1 aliphatic carbocycles. The molecule has 0 unspecified atom stereocenters. The molecule has 4 heteroatoms. The van der Waals surface area contributed by atoms with Crippen molar-refractivity contribution in [2.75, 3.05) is 6.54 Å². The van der Waals surface area contributed by atoms with Gasteiger partial charge in [0.1, 0.15) is 0 Å². The van der Waals surface area contributed by atoms with Crippen molar-refractivity contribution in [2.45, 2.75) is 12.6 Å². The zero-order valence-corrected chi connectivity index (χ0v) is 4.78. The first-order valence-corrected chi connectivity index (χ1v) is 2.82. The van der Waals surface area contributed by atoms with Crippen LogP contribution in [0.3, 0.4) is 0 Å². The van der Waals surface area contributed by atoms with Gasteiger partial charge in [-0.2, -0.15) is 13.2 Å². The fourth-order valence-corrected chi connectivity index (χ4v) is 0.909. The van der Waals surface area contributed by atoms with Crippen molar-refractivity contribution >= 4 is 0 Å². The maximum Gasteiger partial charge on any atom is 0.392 e. The average molecular weight is 139 g/mol. The third kappa shape index (κ3) is 1.36. The van der Waals surface area contributed by atoms with Crippen molar-refractivity contribution in [2.24, 2.45) is 17.6 Å². The van der Waals surface area contributed by atoms with Crippen molar-refractivity contribution in [1.82, 2.24) is 0 Å². The fourth-order valence-electron chi connectivity index (χ4n) is 0.909. The Morgan fingerprint density at radius 3 is 2.11 bits per heavy atom. The van der Waals surface area contributed by atoms with Gasteiger partial charge < -0.3 is 5.73 Å². The van der Waals surface area contributed by atoms with Crippen LogP contribution in [0.2, 0.25) is 0 Å². The second-order valence-corrected chi connectivity index (χ2v) is 2.38. The van der Waals surface area contributed by atoms with Gasteiger partial charge in [-0.3, -0.25) is 0 Å². The minimum atomic E-state index is -4.00. The Morgan fingerprint density at radius 2 is 2.00 bits per heavy atom. The van der Waals surface area contributed by atoms with E-state index in [0.717, 1.165) is 0 Å². The standard InChI is InChI=1S/C5H8F3N/c6-5(7,8)4-1-3(4)2-9/h3-4H,1-2,9H2/t3-,4+/m1/s1. The van der Waals surface area contributed by atoms with Gasteiger partial charge in [0, 0.05) is 0 Å². The summed E-state index contributed by atoms with van der Waals surface area (Å²) in [7, 11) is 0. The second kappa shape index (κ2) is 1.87. The van der Waals surface area contributed by atoms with Crippen LogP contribution in [-0.2, 0) is 0 Å². The fraction of sp³-hybridized carbons (Fsp3) is 1.00. The van der Waals surface area contributed by atoms with Gasteiger partial charge in [0.2, 0.25) is 0 Å². The molecule has 0 aromatic rings. The third-order valence-corrected chi connectivity index (χ3v) is 1.65. The van der Waals surface area contributed by atoms with Crippen molar-refractivity contribution in [3.05, 3.63) is 0 Å². The maximum atomic E-state index is 11.6. The van der Waals surface area contributed by atoms with Crippen LogP contribution >= 0.6 is 0 Å². The van der Waals surface area contributed by atoms with Crippen molar-refractivity contribution in [1.29, 1.82) is 0 Å². The van der Waals surface area contributed by atoms with Crippen LogP contribution < -0.4 is 5.73 Å². The summed E-state index contributed by atoms with van der Waals surface area (Å²) < 4.78 is 34.9. The van der Waals surface area contributed by atoms with E-state index >= 15 is 0 Å². The van der Waals surface area contributed by atoms with Gasteiger partial charge in [-0.05, 0) is 18.9 Å². The largest absolute Gasteiger partial charge is 0.392 e. The van der Waals surface area contributed by atoms with E-state index in [1.54, 1.807) is 0 Å². The summed E-state index contributed by atoms with van der Waals surface area (Å²) in [6.45, 7) is 0.171. The Bertz CT molecular complexity index is 109. The lowest BCUT2D eigenvalue weighted by molar-refractivity contribution is -0.150. The Labute approximate surface area is 51.0 Å². The minimum Gasteiger partial charge on any atom is -0.330 e. The second-order valence-electron chi connectivity index (χ2n) is 2.38. The summed E-state index contributed by atoms with van der Waals surface area (Å²) in [5.41, 5.74) is 5.02. The van der Waals surface area contributed by atoms with Crippen LogP contribution in [0.25, 0.3) is 0 Å². The molecule has 1 nitrogen and oxygen atoms in total. The van der Waals surface area contributed by atoms with E-state index in [0.29, 0.717) is 0 Å². The van der Waals surface area contributed by atoms with Crippen molar-refractivity contribution < 1.29 is 13.2 Å². The third-order valence-electron chi connectivity index (χ3n) is 1.65. The van der Waals surface area contributed by atoms with E-state index < -0.39 is 12.1 Å². The lowest BCUT2D eigenvalue weighted by atomic mass is 10.3. The normalized spacial score (nSPS) is 34.7. The first-order valence-electron chi connectivity index (χ1n) is 2.82. The number of rotatable bonds is 1. The molecule has 1 aliphatic rings. The molecule has 0 aromatic heterocycles. The average Bonchev–Trinajstić information content (AvgIpc) is 2.39. The monoisotopic (exact) mass is 139 g/mol. The van der Waals surface area contributed by atoms with Crippen LogP contribution in [0.1, 0.15) is 6.42 Å². The Balaban J connectivity index is 2.33. The van der Waals surface area contributed by atoms with Gasteiger partial charge in [0.15, 0.2) is 0 Å². The lowest BCUT2D eigenvalue weighted by Gasteiger charge is -2.02. The summed E-state index contributed by atoms with van der Waals surface area (Å²) >= 11 is 0. The summed E-state index contributed by atoms with van der Waals surface area (Å²) in [6.07, 6.45) is -3.76. The molecule has 0 aromatic carbocycles. The minimum absolute atomic E-state index is 0.171. The Kier molecular flexibility index (Phi) is 1.42. The Morgan fingerprint density at radius 1 is 1.44 bits per heavy atom. The molecule has 9 heavy (non-hydrogen) atoms. The molecule has 0 heterocycles. The predicted molar refractivity (Wildman–Crippen MR) is 26.7 cm³/mol. The molecule has 2 atom stereocenters. The number of halogens is 3. The van der Waals surface area contributed by atoms with Gasteiger partial charge in [-0.15, -0.1) is 0 Å². The molecule has 54 valence electrons. The highest BCUT2D eigenvalue weighted by Crippen LogP contribution is 2.49. The summed E-state index contributed by atoms with van der Waals surface area (Å²) in [6, 6.07) is 0. The van der Waals surface area contributed by atoms with E-state index in [1.165, 1.54) is 0 Å². The summed E-state index contributed by atoms with van der Waals surface area (Å²) in [4.78, 5) is 0. The molecule has 0 saturated heterocycles. The quantitative estimate of drug-likeness (QED) is 0.579. The van der Waals surface area contributed by atoms with E-state index in [-0.39, 0.29) is 18.9 Å². The van der Waals surface area contributed by atoms with Crippen molar-refractivity contribution in [3.8, 4) is 0 Å². The van der Waals surface area contributed by atoms with Crippen LogP contribution in [0.4, 0.5) is 13.2 Å². The van der Waals surface area contributed by atoms with Gasteiger partial charge >= 0.3 is 6.18 Å². The first-order chi connectivity index (χ1) is 4.05. The number of hydrogen-bond acceptors (Lipinski definition) is 1. The van der Waals surface area contributed by atoms with E-state index in [1.807, 2.05) is 0 Å². The molecule has 0 bridgehead atoms. The highest BCUT2D eigenvalue weighted by molar-refractivity contribution is 4.91. The maximum absolute atomic E-state index is 11.6. The lowest BCUT2D eigenvalue weighted by Crippen LogP contribution is -2.15. The van der Waals surface area contributed by atoms with E-state index in [9.17, 15) is 13.2 Å². The van der Waals surface area contributed by atoms with Gasteiger partial charge in [0.25, 0.3) is 0 Å². The summed E-state index contributed by atoms with van der Waals surface area (Å²) in [5.74, 6) is -1.38. The molecule has 2 N–H and O–H groups in total.